The van der Waals surface area contributed by atoms with E-state index in [2.05, 4.69) is 58.7 Å². The molecule has 0 saturated heterocycles. The standard InChI is InChI=1S/C16H11N3/c1-2-5-12(6-3-1)13-7-4-8-15-14(13)9-10-19-11-17-18-16(15)19/h1-11H. The fraction of sp³-hybridized carbons (Fsp3) is 0. The van der Waals surface area contributed by atoms with E-state index < -0.39 is 0 Å². The number of hydrogen-bond acceptors (Lipinski definition) is 2. The molecule has 0 atom stereocenters. The van der Waals surface area contributed by atoms with Crippen LogP contribution in [-0.4, -0.2) is 14.6 Å². The smallest absolute Gasteiger partial charge is 0.168 e. The molecule has 0 saturated carbocycles. The maximum atomic E-state index is 4.19. The predicted molar refractivity (Wildman–Crippen MR) is 75.9 cm³/mol. The van der Waals surface area contributed by atoms with Crippen molar-refractivity contribution in [3.05, 3.63) is 67.1 Å². The molecule has 90 valence electrons. The lowest BCUT2D eigenvalue weighted by atomic mass is 9.99. The van der Waals surface area contributed by atoms with Crippen LogP contribution < -0.4 is 0 Å². The van der Waals surface area contributed by atoms with E-state index in [1.807, 2.05) is 16.7 Å². The van der Waals surface area contributed by atoms with Gasteiger partial charge in [0.05, 0.1) is 0 Å². The second-order valence-electron chi connectivity index (χ2n) is 4.51. The summed E-state index contributed by atoms with van der Waals surface area (Å²) in [5.74, 6) is 0. The molecule has 0 aliphatic rings. The molecule has 4 rings (SSSR count). The molecule has 4 aromatic rings. The van der Waals surface area contributed by atoms with Gasteiger partial charge in [0.1, 0.15) is 6.33 Å². The van der Waals surface area contributed by atoms with Crippen LogP contribution in [0.15, 0.2) is 67.1 Å². The lowest BCUT2D eigenvalue weighted by Crippen LogP contribution is -1.87. The minimum atomic E-state index is 0.898. The monoisotopic (exact) mass is 245 g/mol. The van der Waals surface area contributed by atoms with Crippen LogP contribution in [0.2, 0.25) is 0 Å². The van der Waals surface area contributed by atoms with Crippen LogP contribution in [-0.2, 0) is 0 Å². The topological polar surface area (TPSA) is 30.2 Å². The van der Waals surface area contributed by atoms with E-state index in [1.54, 1.807) is 6.33 Å². The first-order valence-corrected chi connectivity index (χ1v) is 6.20. The van der Waals surface area contributed by atoms with Gasteiger partial charge < -0.3 is 0 Å². The Bertz CT molecular complexity index is 863. The summed E-state index contributed by atoms with van der Waals surface area (Å²) in [5, 5.41) is 10.5. The highest BCUT2D eigenvalue weighted by Crippen LogP contribution is 2.29. The van der Waals surface area contributed by atoms with E-state index in [0.29, 0.717) is 0 Å². The van der Waals surface area contributed by atoms with E-state index in [1.165, 1.54) is 16.5 Å². The van der Waals surface area contributed by atoms with Gasteiger partial charge in [-0.25, -0.2) is 0 Å². The third kappa shape index (κ3) is 1.52. The highest BCUT2D eigenvalue weighted by atomic mass is 15.2. The van der Waals surface area contributed by atoms with Crippen LogP contribution in [0.5, 0.6) is 0 Å². The quantitative estimate of drug-likeness (QED) is 0.513. The minimum Gasteiger partial charge on any atom is -0.289 e. The summed E-state index contributed by atoms with van der Waals surface area (Å²) in [6.07, 6.45) is 3.73. The summed E-state index contributed by atoms with van der Waals surface area (Å²) in [7, 11) is 0. The van der Waals surface area contributed by atoms with Crippen molar-refractivity contribution in [3.63, 3.8) is 0 Å². The Morgan fingerprint density at radius 1 is 0.789 bits per heavy atom. The van der Waals surface area contributed by atoms with Gasteiger partial charge in [-0.15, -0.1) is 10.2 Å². The average Bonchev–Trinajstić information content (AvgIpc) is 2.96. The number of benzene rings is 2. The second kappa shape index (κ2) is 3.92. The van der Waals surface area contributed by atoms with Gasteiger partial charge >= 0.3 is 0 Å². The van der Waals surface area contributed by atoms with Crippen LogP contribution >= 0.6 is 0 Å². The Labute approximate surface area is 110 Å². The van der Waals surface area contributed by atoms with Gasteiger partial charge in [-0.3, -0.25) is 4.40 Å². The molecule has 2 aromatic carbocycles. The molecular formula is C16H11N3. The van der Waals surface area contributed by atoms with Crippen LogP contribution in [0.1, 0.15) is 0 Å². The van der Waals surface area contributed by atoms with Crippen molar-refractivity contribution >= 4 is 16.4 Å². The highest BCUT2D eigenvalue weighted by molar-refractivity contribution is 6.02. The van der Waals surface area contributed by atoms with E-state index in [-0.39, 0.29) is 0 Å². The molecular weight excluding hydrogens is 234 g/mol. The number of aromatic nitrogens is 3. The van der Waals surface area contributed by atoms with Crippen molar-refractivity contribution in [1.82, 2.24) is 14.6 Å². The first-order valence-electron chi connectivity index (χ1n) is 6.20. The van der Waals surface area contributed by atoms with Crippen molar-refractivity contribution in [2.24, 2.45) is 0 Å². The Morgan fingerprint density at radius 3 is 2.58 bits per heavy atom. The van der Waals surface area contributed by atoms with Crippen LogP contribution in [0.3, 0.4) is 0 Å². The number of fused-ring (bicyclic) bond motifs is 3. The molecule has 19 heavy (non-hydrogen) atoms. The van der Waals surface area contributed by atoms with Crippen molar-refractivity contribution in [1.29, 1.82) is 0 Å². The summed E-state index contributed by atoms with van der Waals surface area (Å²) < 4.78 is 1.94. The van der Waals surface area contributed by atoms with Crippen LogP contribution in [0.25, 0.3) is 27.5 Å². The largest absolute Gasteiger partial charge is 0.289 e. The molecule has 0 N–H and O–H groups in total. The Hall–Kier alpha value is -2.68. The van der Waals surface area contributed by atoms with Crippen LogP contribution in [0.4, 0.5) is 0 Å². The molecule has 3 nitrogen and oxygen atoms in total. The van der Waals surface area contributed by atoms with Crippen molar-refractivity contribution in [2.75, 3.05) is 0 Å². The fourth-order valence-electron chi connectivity index (χ4n) is 2.51. The predicted octanol–water partition coefficient (Wildman–Crippen LogP) is 3.55. The van der Waals surface area contributed by atoms with E-state index >= 15 is 0 Å². The van der Waals surface area contributed by atoms with Gasteiger partial charge in [-0.1, -0.05) is 48.5 Å². The highest BCUT2D eigenvalue weighted by Gasteiger charge is 2.07. The van der Waals surface area contributed by atoms with E-state index in [4.69, 9.17) is 0 Å². The molecule has 0 aliphatic carbocycles. The minimum absolute atomic E-state index is 0.898. The van der Waals surface area contributed by atoms with Gasteiger partial charge in [-0.2, -0.15) is 0 Å². The Kier molecular flexibility index (Phi) is 2.12. The maximum Gasteiger partial charge on any atom is 0.168 e. The first kappa shape index (κ1) is 10.3. The third-order valence-electron chi connectivity index (χ3n) is 3.41. The molecule has 0 amide bonds. The third-order valence-corrected chi connectivity index (χ3v) is 3.41. The van der Waals surface area contributed by atoms with Crippen molar-refractivity contribution in [2.45, 2.75) is 0 Å². The summed E-state index contributed by atoms with van der Waals surface area (Å²) in [5.41, 5.74) is 3.34. The Morgan fingerprint density at radius 2 is 1.68 bits per heavy atom. The summed E-state index contributed by atoms with van der Waals surface area (Å²) in [4.78, 5) is 0. The summed E-state index contributed by atoms with van der Waals surface area (Å²) >= 11 is 0. The number of nitrogens with zero attached hydrogens (tertiary/aromatic N) is 3. The molecule has 2 heterocycles. The molecule has 0 radical (unpaired) electrons. The van der Waals surface area contributed by atoms with E-state index in [9.17, 15) is 0 Å². The zero-order valence-corrected chi connectivity index (χ0v) is 10.2. The van der Waals surface area contributed by atoms with Crippen molar-refractivity contribution in [3.8, 4) is 11.1 Å². The van der Waals surface area contributed by atoms with Gasteiger partial charge in [0.15, 0.2) is 5.65 Å². The van der Waals surface area contributed by atoms with Crippen LogP contribution in [0, 0.1) is 0 Å². The SMILES string of the molecule is c1ccc(-c2cccc3c2ccn2cnnc32)cc1. The van der Waals surface area contributed by atoms with Gasteiger partial charge in [0.2, 0.25) is 0 Å². The van der Waals surface area contributed by atoms with Gasteiger partial charge in [0.25, 0.3) is 0 Å². The molecule has 0 spiro atoms. The average molecular weight is 245 g/mol. The zero-order chi connectivity index (χ0) is 12.7. The maximum absolute atomic E-state index is 4.19. The number of hydrogen-bond donors (Lipinski definition) is 0. The Balaban J connectivity index is 2.12. The van der Waals surface area contributed by atoms with Crippen molar-refractivity contribution < 1.29 is 0 Å². The number of rotatable bonds is 1. The lowest BCUT2D eigenvalue weighted by Gasteiger charge is -2.07. The summed E-state index contributed by atoms with van der Waals surface area (Å²) in [6.45, 7) is 0. The lowest BCUT2D eigenvalue weighted by molar-refractivity contribution is 1.10. The fourth-order valence-corrected chi connectivity index (χ4v) is 2.51. The molecule has 0 unspecified atom stereocenters. The van der Waals surface area contributed by atoms with Gasteiger partial charge in [0, 0.05) is 11.6 Å². The first-order chi connectivity index (χ1) is 9.43. The van der Waals surface area contributed by atoms with E-state index in [0.717, 1.165) is 11.0 Å². The van der Waals surface area contributed by atoms with Gasteiger partial charge in [-0.05, 0) is 22.6 Å². The number of pyridine rings is 1. The summed E-state index contributed by atoms with van der Waals surface area (Å²) in [6, 6.07) is 18.8. The zero-order valence-electron chi connectivity index (χ0n) is 10.2. The molecule has 0 aliphatic heterocycles. The molecule has 3 heteroatoms. The molecule has 0 fully saturated rings. The molecule has 2 aromatic heterocycles. The normalized spacial score (nSPS) is 11.2. The second-order valence-corrected chi connectivity index (χ2v) is 4.51. The molecule has 0 bridgehead atoms.